The summed E-state index contributed by atoms with van der Waals surface area (Å²) in [7, 11) is 0. The first kappa shape index (κ1) is 16.9. The standard InChI is InChI=1S/C13H24O5/c1-8(2)17-12(15)11(7-6-10(5)14)13(16)18-9(3)4/h8-11,14H,6-7H2,1-5H3. The Bertz CT molecular complexity index is 249. The third-order valence-corrected chi connectivity index (χ3v) is 2.15. The zero-order valence-electron chi connectivity index (χ0n) is 11.8. The van der Waals surface area contributed by atoms with Crippen molar-refractivity contribution in [2.75, 3.05) is 0 Å². The molecule has 106 valence electrons. The molecule has 0 saturated carbocycles. The van der Waals surface area contributed by atoms with E-state index in [4.69, 9.17) is 9.47 Å². The van der Waals surface area contributed by atoms with E-state index in [-0.39, 0.29) is 18.6 Å². The molecular formula is C13H24O5. The number of aliphatic hydroxyl groups excluding tert-OH is 1. The Labute approximate surface area is 108 Å². The molecule has 0 aromatic rings. The largest absolute Gasteiger partial charge is 0.462 e. The molecule has 0 amide bonds. The first-order chi connectivity index (χ1) is 8.23. The first-order valence-corrected chi connectivity index (χ1v) is 6.33. The Balaban J connectivity index is 4.59. The summed E-state index contributed by atoms with van der Waals surface area (Å²) in [6.07, 6.45) is -0.539. The van der Waals surface area contributed by atoms with Crippen LogP contribution in [0.3, 0.4) is 0 Å². The molecular weight excluding hydrogens is 236 g/mol. The molecule has 0 rings (SSSR count). The van der Waals surface area contributed by atoms with Gasteiger partial charge in [-0.3, -0.25) is 9.59 Å². The Kier molecular flexibility index (Phi) is 7.59. The van der Waals surface area contributed by atoms with Crippen molar-refractivity contribution in [3.05, 3.63) is 0 Å². The number of carbonyl (C=O) groups excluding carboxylic acids is 2. The number of ether oxygens (including phenoxy) is 2. The second kappa shape index (κ2) is 8.08. The summed E-state index contributed by atoms with van der Waals surface area (Å²) < 4.78 is 10.1. The van der Waals surface area contributed by atoms with E-state index in [1.807, 2.05) is 0 Å². The maximum atomic E-state index is 11.8. The van der Waals surface area contributed by atoms with Crippen LogP contribution in [0.1, 0.15) is 47.5 Å². The average molecular weight is 260 g/mol. The van der Waals surface area contributed by atoms with E-state index in [1.165, 1.54) is 0 Å². The Morgan fingerprint density at radius 3 is 1.56 bits per heavy atom. The number of hydrogen-bond acceptors (Lipinski definition) is 5. The van der Waals surface area contributed by atoms with E-state index in [0.29, 0.717) is 6.42 Å². The van der Waals surface area contributed by atoms with Gasteiger partial charge in [0, 0.05) is 0 Å². The van der Waals surface area contributed by atoms with Crippen molar-refractivity contribution in [1.29, 1.82) is 0 Å². The third-order valence-electron chi connectivity index (χ3n) is 2.15. The monoisotopic (exact) mass is 260 g/mol. The Morgan fingerprint density at radius 1 is 0.889 bits per heavy atom. The van der Waals surface area contributed by atoms with Crippen molar-refractivity contribution >= 4 is 11.9 Å². The fourth-order valence-corrected chi connectivity index (χ4v) is 1.37. The maximum Gasteiger partial charge on any atom is 0.320 e. The van der Waals surface area contributed by atoms with Gasteiger partial charge in [-0.15, -0.1) is 0 Å². The van der Waals surface area contributed by atoms with Crippen LogP contribution >= 0.6 is 0 Å². The minimum Gasteiger partial charge on any atom is -0.462 e. The number of aliphatic hydroxyl groups is 1. The van der Waals surface area contributed by atoms with E-state index in [9.17, 15) is 14.7 Å². The molecule has 1 unspecified atom stereocenters. The molecule has 0 saturated heterocycles. The van der Waals surface area contributed by atoms with Crippen LogP contribution in [0.5, 0.6) is 0 Å². The zero-order chi connectivity index (χ0) is 14.3. The molecule has 5 heteroatoms. The van der Waals surface area contributed by atoms with Crippen molar-refractivity contribution in [2.45, 2.75) is 65.8 Å². The summed E-state index contributed by atoms with van der Waals surface area (Å²) in [5.74, 6) is -2.13. The number of carbonyl (C=O) groups is 2. The predicted octanol–water partition coefficient (Wildman–Crippen LogP) is 1.67. The normalized spacial score (nSPS) is 12.9. The SMILES string of the molecule is CC(O)CCC(C(=O)OC(C)C)C(=O)OC(C)C. The van der Waals surface area contributed by atoms with Gasteiger partial charge >= 0.3 is 11.9 Å². The molecule has 0 spiro atoms. The summed E-state index contributed by atoms with van der Waals surface area (Å²) in [4.78, 5) is 23.6. The molecule has 0 aromatic carbocycles. The summed E-state index contributed by atoms with van der Waals surface area (Å²) in [5, 5.41) is 9.22. The quantitative estimate of drug-likeness (QED) is 0.557. The molecule has 0 radical (unpaired) electrons. The van der Waals surface area contributed by atoms with E-state index in [0.717, 1.165) is 0 Å². The second-order valence-corrected chi connectivity index (χ2v) is 4.95. The average Bonchev–Trinajstić information content (AvgIpc) is 2.14. The minimum absolute atomic E-state index is 0.231. The first-order valence-electron chi connectivity index (χ1n) is 6.33. The molecule has 0 bridgehead atoms. The fourth-order valence-electron chi connectivity index (χ4n) is 1.37. The molecule has 1 atom stereocenters. The van der Waals surface area contributed by atoms with Crippen LogP contribution in [-0.4, -0.2) is 35.4 Å². The number of rotatable bonds is 7. The van der Waals surface area contributed by atoms with Crippen LogP contribution < -0.4 is 0 Å². The molecule has 0 aliphatic carbocycles. The number of hydrogen-bond donors (Lipinski definition) is 1. The summed E-state index contributed by atoms with van der Waals surface area (Å²) in [5.41, 5.74) is 0. The van der Waals surface area contributed by atoms with Gasteiger partial charge in [0.05, 0.1) is 18.3 Å². The molecule has 0 aromatic heterocycles. The van der Waals surface area contributed by atoms with Crippen molar-refractivity contribution in [1.82, 2.24) is 0 Å². The van der Waals surface area contributed by atoms with Crippen molar-refractivity contribution < 1.29 is 24.2 Å². The van der Waals surface area contributed by atoms with Gasteiger partial charge in [0.2, 0.25) is 0 Å². The van der Waals surface area contributed by atoms with Crippen LogP contribution in [-0.2, 0) is 19.1 Å². The van der Waals surface area contributed by atoms with Gasteiger partial charge in [-0.1, -0.05) is 0 Å². The van der Waals surface area contributed by atoms with Gasteiger partial charge in [0.15, 0.2) is 5.92 Å². The van der Waals surface area contributed by atoms with Gasteiger partial charge in [0.1, 0.15) is 0 Å². The van der Waals surface area contributed by atoms with E-state index < -0.39 is 24.0 Å². The highest BCUT2D eigenvalue weighted by Gasteiger charge is 2.31. The fraction of sp³-hybridized carbons (Fsp3) is 0.846. The van der Waals surface area contributed by atoms with Gasteiger partial charge < -0.3 is 14.6 Å². The topological polar surface area (TPSA) is 72.8 Å². The molecule has 0 heterocycles. The predicted molar refractivity (Wildman–Crippen MR) is 66.9 cm³/mol. The lowest BCUT2D eigenvalue weighted by molar-refractivity contribution is -0.166. The van der Waals surface area contributed by atoms with Crippen molar-refractivity contribution in [2.24, 2.45) is 5.92 Å². The summed E-state index contributed by atoms with van der Waals surface area (Å²) >= 11 is 0. The van der Waals surface area contributed by atoms with Crippen LogP contribution in [0.2, 0.25) is 0 Å². The van der Waals surface area contributed by atoms with E-state index in [1.54, 1.807) is 34.6 Å². The number of esters is 2. The van der Waals surface area contributed by atoms with Gasteiger partial charge in [0.25, 0.3) is 0 Å². The second-order valence-electron chi connectivity index (χ2n) is 4.95. The van der Waals surface area contributed by atoms with Gasteiger partial charge in [-0.05, 0) is 47.5 Å². The Morgan fingerprint density at radius 2 is 1.28 bits per heavy atom. The van der Waals surface area contributed by atoms with Crippen LogP contribution in [0, 0.1) is 5.92 Å². The van der Waals surface area contributed by atoms with Gasteiger partial charge in [-0.2, -0.15) is 0 Å². The van der Waals surface area contributed by atoms with Crippen LogP contribution in [0.4, 0.5) is 0 Å². The van der Waals surface area contributed by atoms with Crippen LogP contribution in [0.15, 0.2) is 0 Å². The molecule has 5 nitrogen and oxygen atoms in total. The van der Waals surface area contributed by atoms with Crippen molar-refractivity contribution in [3.63, 3.8) is 0 Å². The van der Waals surface area contributed by atoms with Crippen molar-refractivity contribution in [3.8, 4) is 0 Å². The highest BCUT2D eigenvalue weighted by Crippen LogP contribution is 2.15. The van der Waals surface area contributed by atoms with E-state index >= 15 is 0 Å². The maximum absolute atomic E-state index is 11.8. The highest BCUT2D eigenvalue weighted by molar-refractivity contribution is 5.95. The molecule has 0 fully saturated rings. The zero-order valence-corrected chi connectivity index (χ0v) is 11.8. The molecule has 0 aliphatic rings. The lowest BCUT2D eigenvalue weighted by atomic mass is 10.0. The smallest absolute Gasteiger partial charge is 0.320 e. The van der Waals surface area contributed by atoms with Crippen LogP contribution in [0.25, 0.3) is 0 Å². The molecule has 1 N–H and O–H groups in total. The summed E-state index contributed by atoms with van der Waals surface area (Å²) in [6, 6.07) is 0. The summed E-state index contributed by atoms with van der Waals surface area (Å²) in [6.45, 7) is 8.49. The minimum atomic E-state index is -0.954. The lowest BCUT2D eigenvalue weighted by Gasteiger charge is -2.18. The lowest BCUT2D eigenvalue weighted by Crippen LogP contribution is -2.31. The van der Waals surface area contributed by atoms with E-state index in [2.05, 4.69) is 0 Å². The third kappa shape index (κ3) is 7.27. The molecule has 0 aliphatic heterocycles. The van der Waals surface area contributed by atoms with Gasteiger partial charge in [-0.25, -0.2) is 0 Å². The highest BCUT2D eigenvalue weighted by atomic mass is 16.6. The Hall–Kier alpha value is -1.10. The molecule has 18 heavy (non-hydrogen) atoms.